The summed E-state index contributed by atoms with van der Waals surface area (Å²) in [4.78, 5) is 15.0. The number of nitrogens with zero attached hydrogens (tertiary/aromatic N) is 1. The highest BCUT2D eigenvalue weighted by Gasteiger charge is 2.11. The van der Waals surface area contributed by atoms with Crippen LogP contribution in [0.1, 0.15) is 17.0 Å². The van der Waals surface area contributed by atoms with Crippen LogP contribution in [0.25, 0.3) is 10.9 Å². The van der Waals surface area contributed by atoms with E-state index in [-0.39, 0.29) is 19.0 Å². The van der Waals surface area contributed by atoms with Crippen LogP contribution in [0.15, 0.2) is 41.1 Å². The standard InChI is InChI=1S/C15H14N2O3/c1-10-6-12(20-17-10)9-19-15(18)7-11-8-16-14-5-3-2-4-13(11)14/h2-6,8,16H,7,9H2,1H3. The Hall–Kier alpha value is -2.56. The van der Waals surface area contributed by atoms with E-state index >= 15 is 0 Å². The van der Waals surface area contributed by atoms with E-state index in [2.05, 4.69) is 10.1 Å². The molecule has 0 unspecified atom stereocenters. The molecule has 0 aliphatic carbocycles. The van der Waals surface area contributed by atoms with Gasteiger partial charge in [0.05, 0.1) is 12.1 Å². The monoisotopic (exact) mass is 270 g/mol. The average molecular weight is 270 g/mol. The number of para-hydroxylation sites is 1. The molecule has 3 rings (SSSR count). The summed E-state index contributed by atoms with van der Waals surface area (Å²) in [5.74, 6) is 0.263. The molecule has 1 N–H and O–H groups in total. The molecule has 20 heavy (non-hydrogen) atoms. The fraction of sp³-hybridized carbons (Fsp3) is 0.200. The maximum Gasteiger partial charge on any atom is 0.310 e. The van der Waals surface area contributed by atoms with E-state index in [4.69, 9.17) is 9.26 Å². The molecule has 0 bridgehead atoms. The molecular weight excluding hydrogens is 256 g/mol. The third kappa shape index (κ3) is 2.56. The van der Waals surface area contributed by atoms with Crippen molar-refractivity contribution in [2.75, 3.05) is 0 Å². The van der Waals surface area contributed by atoms with Gasteiger partial charge in [0.25, 0.3) is 0 Å². The number of nitrogens with one attached hydrogen (secondary N) is 1. The highest BCUT2D eigenvalue weighted by Crippen LogP contribution is 2.18. The van der Waals surface area contributed by atoms with Gasteiger partial charge in [-0.2, -0.15) is 0 Å². The summed E-state index contributed by atoms with van der Waals surface area (Å²) in [5.41, 5.74) is 2.72. The van der Waals surface area contributed by atoms with Gasteiger partial charge in [-0.3, -0.25) is 4.79 Å². The molecule has 1 aromatic carbocycles. The second kappa shape index (κ2) is 5.21. The number of aromatic amines is 1. The normalized spacial score (nSPS) is 10.8. The van der Waals surface area contributed by atoms with Gasteiger partial charge >= 0.3 is 5.97 Å². The Morgan fingerprint density at radius 3 is 3.05 bits per heavy atom. The van der Waals surface area contributed by atoms with Crippen molar-refractivity contribution in [2.24, 2.45) is 0 Å². The molecule has 5 heteroatoms. The molecule has 0 aliphatic heterocycles. The third-order valence-corrected chi connectivity index (χ3v) is 3.06. The van der Waals surface area contributed by atoms with Gasteiger partial charge in [-0.15, -0.1) is 0 Å². The van der Waals surface area contributed by atoms with Gasteiger partial charge in [-0.1, -0.05) is 23.4 Å². The molecule has 0 saturated heterocycles. The Morgan fingerprint density at radius 1 is 1.40 bits per heavy atom. The molecule has 0 atom stereocenters. The number of carbonyl (C=O) groups is 1. The summed E-state index contributed by atoms with van der Waals surface area (Å²) in [6.07, 6.45) is 2.07. The largest absolute Gasteiger partial charge is 0.457 e. The Bertz CT molecular complexity index is 742. The fourth-order valence-corrected chi connectivity index (χ4v) is 2.12. The Kier molecular flexibility index (Phi) is 3.25. The molecule has 3 aromatic rings. The van der Waals surface area contributed by atoms with Crippen molar-refractivity contribution in [3.63, 3.8) is 0 Å². The van der Waals surface area contributed by atoms with E-state index in [0.717, 1.165) is 22.2 Å². The van der Waals surface area contributed by atoms with Crippen molar-refractivity contribution >= 4 is 16.9 Å². The lowest BCUT2D eigenvalue weighted by Crippen LogP contribution is -2.07. The van der Waals surface area contributed by atoms with E-state index in [0.29, 0.717) is 5.76 Å². The number of aromatic nitrogens is 2. The first-order chi connectivity index (χ1) is 9.72. The number of carbonyl (C=O) groups excluding carboxylic acids is 1. The number of hydrogen-bond donors (Lipinski definition) is 1. The minimum atomic E-state index is -0.288. The quantitative estimate of drug-likeness (QED) is 0.740. The van der Waals surface area contributed by atoms with E-state index < -0.39 is 0 Å². The first-order valence-electron chi connectivity index (χ1n) is 6.35. The predicted octanol–water partition coefficient (Wildman–Crippen LogP) is 2.75. The van der Waals surface area contributed by atoms with Crippen molar-refractivity contribution in [1.82, 2.24) is 10.1 Å². The summed E-state index contributed by atoms with van der Waals surface area (Å²) in [6.45, 7) is 1.93. The minimum absolute atomic E-state index is 0.113. The van der Waals surface area contributed by atoms with E-state index in [1.165, 1.54) is 0 Å². The number of rotatable bonds is 4. The van der Waals surface area contributed by atoms with Crippen molar-refractivity contribution in [3.05, 3.63) is 53.5 Å². The lowest BCUT2D eigenvalue weighted by Gasteiger charge is -2.01. The number of benzene rings is 1. The van der Waals surface area contributed by atoms with Crippen LogP contribution >= 0.6 is 0 Å². The first-order valence-corrected chi connectivity index (χ1v) is 6.35. The van der Waals surface area contributed by atoms with Crippen molar-refractivity contribution in [3.8, 4) is 0 Å². The molecule has 0 radical (unpaired) electrons. The van der Waals surface area contributed by atoms with Crippen LogP contribution in [0.2, 0.25) is 0 Å². The van der Waals surface area contributed by atoms with E-state index in [1.807, 2.05) is 37.4 Å². The highest BCUT2D eigenvalue weighted by molar-refractivity contribution is 5.87. The van der Waals surface area contributed by atoms with E-state index in [1.54, 1.807) is 6.07 Å². The number of esters is 1. The molecule has 2 heterocycles. The second-order valence-electron chi connectivity index (χ2n) is 4.63. The van der Waals surface area contributed by atoms with Crippen molar-refractivity contribution in [1.29, 1.82) is 0 Å². The van der Waals surface area contributed by atoms with Gasteiger partial charge in [-0.05, 0) is 18.6 Å². The van der Waals surface area contributed by atoms with Crippen LogP contribution in [0.5, 0.6) is 0 Å². The van der Waals surface area contributed by atoms with Crippen molar-refractivity contribution < 1.29 is 14.1 Å². The predicted molar refractivity (Wildman–Crippen MR) is 73.0 cm³/mol. The van der Waals surface area contributed by atoms with Crippen LogP contribution in [0, 0.1) is 6.92 Å². The molecule has 102 valence electrons. The van der Waals surface area contributed by atoms with Crippen molar-refractivity contribution in [2.45, 2.75) is 20.0 Å². The van der Waals surface area contributed by atoms with Crippen LogP contribution in [0.3, 0.4) is 0 Å². The van der Waals surface area contributed by atoms with Crippen LogP contribution in [-0.4, -0.2) is 16.1 Å². The number of fused-ring (bicyclic) bond motifs is 1. The van der Waals surface area contributed by atoms with Gasteiger partial charge in [0, 0.05) is 23.2 Å². The lowest BCUT2D eigenvalue weighted by molar-refractivity contribution is -0.144. The number of hydrogen-bond acceptors (Lipinski definition) is 4. The van der Waals surface area contributed by atoms with Crippen LogP contribution in [-0.2, 0) is 22.6 Å². The third-order valence-electron chi connectivity index (χ3n) is 3.06. The lowest BCUT2D eigenvalue weighted by atomic mass is 10.1. The summed E-state index contributed by atoms with van der Waals surface area (Å²) in [7, 11) is 0. The average Bonchev–Trinajstić information content (AvgIpc) is 3.04. The molecule has 0 aliphatic rings. The summed E-state index contributed by atoms with van der Waals surface area (Å²) in [6, 6.07) is 9.60. The molecule has 2 aromatic heterocycles. The minimum Gasteiger partial charge on any atom is -0.457 e. The zero-order valence-corrected chi connectivity index (χ0v) is 11.1. The number of aryl methyl sites for hydroxylation is 1. The number of ether oxygens (including phenoxy) is 1. The van der Waals surface area contributed by atoms with Crippen LogP contribution < -0.4 is 0 Å². The molecular formula is C15H14N2O3. The Labute approximate surface area is 115 Å². The van der Waals surface area contributed by atoms with Gasteiger partial charge < -0.3 is 14.2 Å². The molecule has 5 nitrogen and oxygen atoms in total. The molecule has 0 fully saturated rings. The Morgan fingerprint density at radius 2 is 2.25 bits per heavy atom. The van der Waals surface area contributed by atoms with Gasteiger partial charge in [0.15, 0.2) is 12.4 Å². The van der Waals surface area contributed by atoms with E-state index in [9.17, 15) is 4.79 Å². The smallest absolute Gasteiger partial charge is 0.310 e. The van der Waals surface area contributed by atoms with Gasteiger partial charge in [0.2, 0.25) is 0 Å². The number of H-pyrrole nitrogens is 1. The fourth-order valence-electron chi connectivity index (χ4n) is 2.12. The molecule has 0 saturated carbocycles. The van der Waals surface area contributed by atoms with Gasteiger partial charge in [0.1, 0.15) is 0 Å². The topological polar surface area (TPSA) is 68.1 Å². The van der Waals surface area contributed by atoms with Gasteiger partial charge in [-0.25, -0.2) is 0 Å². The second-order valence-corrected chi connectivity index (χ2v) is 4.63. The highest BCUT2D eigenvalue weighted by atomic mass is 16.5. The Balaban J connectivity index is 1.64. The molecule has 0 spiro atoms. The maximum absolute atomic E-state index is 11.8. The summed E-state index contributed by atoms with van der Waals surface area (Å²) < 4.78 is 10.2. The zero-order chi connectivity index (χ0) is 13.9. The zero-order valence-electron chi connectivity index (χ0n) is 11.1. The molecule has 0 amide bonds. The SMILES string of the molecule is Cc1cc(COC(=O)Cc2c[nH]c3ccccc23)on1. The maximum atomic E-state index is 11.8. The first kappa shape index (κ1) is 12.5. The summed E-state index contributed by atoms with van der Waals surface area (Å²) in [5, 5.41) is 4.78. The van der Waals surface area contributed by atoms with Crippen LogP contribution in [0.4, 0.5) is 0 Å². The summed E-state index contributed by atoms with van der Waals surface area (Å²) >= 11 is 0.